The molecule has 0 atom stereocenters. The Morgan fingerprint density at radius 3 is 2.84 bits per heavy atom. The van der Waals surface area contributed by atoms with Crippen LogP contribution in [-0.4, -0.2) is 26.9 Å². The monoisotopic (exact) mass is 454 g/mol. The quantitative estimate of drug-likeness (QED) is 0.295. The van der Waals surface area contributed by atoms with E-state index in [1.807, 2.05) is 24.3 Å². The first kappa shape index (κ1) is 20.3. The number of fused-ring (bicyclic) bond motifs is 3. The maximum absolute atomic E-state index is 13.3. The van der Waals surface area contributed by atoms with E-state index in [2.05, 4.69) is 17.1 Å². The van der Waals surface area contributed by atoms with E-state index in [9.17, 15) is 4.79 Å². The predicted molar refractivity (Wildman–Crippen MR) is 122 cm³/mol. The van der Waals surface area contributed by atoms with Gasteiger partial charge in [-0.25, -0.2) is 4.98 Å². The van der Waals surface area contributed by atoms with Crippen LogP contribution < -0.4 is 10.3 Å². The summed E-state index contributed by atoms with van der Waals surface area (Å²) in [6.45, 7) is 2.72. The van der Waals surface area contributed by atoms with Crippen LogP contribution in [0.4, 0.5) is 0 Å². The maximum atomic E-state index is 13.3. The maximum Gasteiger partial charge on any atom is 0.263 e. The summed E-state index contributed by atoms with van der Waals surface area (Å²) in [6, 6.07) is 7.48. The molecule has 0 spiro atoms. The van der Waals surface area contributed by atoms with Crippen LogP contribution in [0, 0.1) is 0 Å². The number of nitrogens with zero attached hydrogens (tertiary/aromatic N) is 4. The summed E-state index contributed by atoms with van der Waals surface area (Å²) < 4.78 is 12.8. The highest BCUT2D eigenvalue weighted by molar-refractivity contribution is 7.98. The first-order valence-corrected chi connectivity index (χ1v) is 12.1. The minimum Gasteiger partial charge on any atom is -0.497 e. The molecule has 0 saturated heterocycles. The van der Waals surface area contributed by atoms with Crippen LogP contribution in [0.25, 0.3) is 21.7 Å². The lowest BCUT2D eigenvalue weighted by molar-refractivity contribution is 0.415. The molecule has 3 aromatic heterocycles. The van der Waals surface area contributed by atoms with E-state index in [1.165, 1.54) is 22.2 Å². The Morgan fingerprint density at radius 1 is 1.23 bits per heavy atom. The summed E-state index contributed by atoms with van der Waals surface area (Å²) in [7, 11) is 1.63. The van der Waals surface area contributed by atoms with Crippen LogP contribution in [0.2, 0.25) is 0 Å². The number of hydrogen-bond donors (Lipinski definition) is 0. The van der Waals surface area contributed by atoms with Gasteiger partial charge in [-0.15, -0.1) is 21.5 Å². The molecule has 0 unspecified atom stereocenters. The third-order valence-electron chi connectivity index (χ3n) is 5.37. The van der Waals surface area contributed by atoms with Crippen molar-refractivity contribution in [3.63, 3.8) is 0 Å². The van der Waals surface area contributed by atoms with Gasteiger partial charge in [-0.2, -0.15) is 0 Å². The molecule has 4 aromatic rings. The number of thioether (sulfide) groups is 1. The summed E-state index contributed by atoms with van der Waals surface area (Å²) in [6.07, 6.45) is 4.05. The minimum atomic E-state index is 0.0817. The van der Waals surface area contributed by atoms with Gasteiger partial charge < -0.3 is 9.15 Å². The van der Waals surface area contributed by atoms with Gasteiger partial charge in [0.15, 0.2) is 5.16 Å². The molecule has 5 rings (SSSR count). The Hall–Kier alpha value is -2.65. The van der Waals surface area contributed by atoms with Gasteiger partial charge in [0.2, 0.25) is 11.8 Å². The first-order valence-electron chi connectivity index (χ1n) is 10.3. The smallest absolute Gasteiger partial charge is 0.263 e. The van der Waals surface area contributed by atoms with Crippen molar-refractivity contribution in [2.75, 3.05) is 7.11 Å². The zero-order valence-corrected chi connectivity index (χ0v) is 19.0. The molecule has 0 radical (unpaired) electrons. The van der Waals surface area contributed by atoms with E-state index in [-0.39, 0.29) is 5.56 Å². The van der Waals surface area contributed by atoms with Crippen LogP contribution in [0.3, 0.4) is 0 Å². The molecule has 0 amide bonds. The molecular weight excluding hydrogens is 432 g/mol. The van der Waals surface area contributed by atoms with Gasteiger partial charge in [0.05, 0.1) is 18.2 Å². The van der Waals surface area contributed by atoms with E-state index < -0.39 is 0 Å². The normalized spacial score (nSPS) is 13.1. The molecule has 0 N–H and O–H groups in total. The highest BCUT2D eigenvalue weighted by Gasteiger charge is 2.23. The second-order valence-corrected chi connectivity index (χ2v) is 9.43. The number of methoxy groups -OCH3 is 1. The molecule has 0 aliphatic heterocycles. The summed E-state index contributed by atoms with van der Waals surface area (Å²) in [5.41, 5.74) is 2.14. The molecule has 1 aliphatic carbocycles. The fraction of sp³-hybridized carbons (Fsp3) is 0.364. The number of rotatable bonds is 7. The molecular formula is C22H22N4O3S2. The van der Waals surface area contributed by atoms with Gasteiger partial charge in [-0.3, -0.25) is 9.36 Å². The molecule has 3 heterocycles. The lowest BCUT2D eigenvalue weighted by Gasteiger charge is -2.10. The second-order valence-electron chi connectivity index (χ2n) is 7.41. The SMILES string of the molecule is CCCn1c(SCc2nnc(-c3ccc(OC)cc3)o2)nc2sc3c(c2c1=O)CCC3. The van der Waals surface area contributed by atoms with Crippen molar-refractivity contribution in [3.8, 4) is 17.2 Å². The summed E-state index contributed by atoms with van der Waals surface area (Å²) in [4.78, 5) is 20.3. The summed E-state index contributed by atoms with van der Waals surface area (Å²) >= 11 is 3.13. The lowest BCUT2D eigenvalue weighted by atomic mass is 10.2. The van der Waals surface area contributed by atoms with Gasteiger partial charge >= 0.3 is 0 Å². The van der Waals surface area contributed by atoms with Crippen molar-refractivity contribution in [2.45, 2.75) is 50.1 Å². The highest BCUT2D eigenvalue weighted by atomic mass is 32.2. The van der Waals surface area contributed by atoms with Gasteiger partial charge in [0, 0.05) is 17.0 Å². The zero-order chi connectivity index (χ0) is 21.4. The largest absolute Gasteiger partial charge is 0.497 e. The summed E-state index contributed by atoms with van der Waals surface area (Å²) in [5.74, 6) is 2.19. The minimum absolute atomic E-state index is 0.0817. The predicted octanol–water partition coefficient (Wildman–Crippen LogP) is 4.71. The number of ether oxygens (including phenoxy) is 1. The molecule has 160 valence electrons. The van der Waals surface area contributed by atoms with E-state index in [0.717, 1.165) is 47.2 Å². The third kappa shape index (κ3) is 3.76. The van der Waals surface area contributed by atoms with Crippen molar-refractivity contribution in [1.82, 2.24) is 19.7 Å². The topological polar surface area (TPSA) is 83.0 Å². The Kier molecular flexibility index (Phi) is 5.54. The van der Waals surface area contributed by atoms with Crippen LogP contribution in [0.1, 0.15) is 36.1 Å². The van der Waals surface area contributed by atoms with E-state index >= 15 is 0 Å². The standard InChI is InChI=1S/C22H22N4O3S2/c1-3-11-26-21(27)18-15-5-4-6-16(15)31-20(18)23-22(26)30-12-17-24-25-19(29-17)13-7-9-14(28-2)10-8-13/h7-10H,3-6,11-12H2,1-2H3. The molecule has 0 bridgehead atoms. The lowest BCUT2D eigenvalue weighted by Crippen LogP contribution is -2.23. The molecule has 1 aromatic carbocycles. The highest BCUT2D eigenvalue weighted by Crippen LogP contribution is 2.36. The number of aromatic nitrogens is 4. The number of aryl methyl sites for hydroxylation is 2. The molecule has 9 heteroatoms. The fourth-order valence-electron chi connectivity index (χ4n) is 3.88. The second kappa shape index (κ2) is 8.47. The molecule has 7 nitrogen and oxygen atoms in total. The van der Waals surface area contributed by atoms with Crippen molar-refractivity contribution in [3.05, 3.63) is 51.0 Å². The van der Waals surface area contributed by atoms with Crippen LogP contribution >= 0.6 is 23.1 Å². The van der Waals surface area contributed by atoms with Crippen LogP contribution in [0.5, 0.6) is 5.75 Å². The van der Waals surface area contributed by atoms with Gasteiger partial charge in [-0.05, 0) is 55.5 Å². The Morgan fingerprint density at radius 2 is 2.06 bits per heavy atom. The third-order valence-corrected chi connectivity index (χ3v) is 7.51. The summed E-state index contributed by atoms with van der Waals surface area (Å²) in [5, 5.41) is 9.87. The molecule has 0 saturated carbocycles. The fourth-order valence-corrected chi connectivity index (χ4v) is 6.04. The van der Waals surface area contributed by atoms with Crippen molar-refractivity contribution in [2.24, 2.45) is 0 Å². The van der Waals surface area contributed by atoms with E-state index in [4.69, 9.17) is 14.1 Å². The molecule has 0 fully saturated rings. The van der Waals surface area contributed by atoms with Gasteiger partial charge in [0.1, 0.15) is 10.6 Å². The first-order chi connectivity index (χ1) is 15.2. The van der Waals surface area contributed by atoms with E-state index in [1.54, 1.807) is 23.0 Å². The van der Waals surface area contributed by atoms with Gasteiger partial charge in [-0.1, -0.05) is 18.7 Å². The number of hydrogen-bond acceptors (Lipinski definition) is 8. The van der Waals surface area contributed by atoms with Crippen molar-refractivity contribution in [1.29, 1.82) is 0 Å². The van der Waals surface area contributed by atoms with Crippen LogP contribution in [0.15, 0.2) is 38.6 Å². The van der Waals surface area contributed by atoms with Crippen LogP contribution in [-0.2, 0) is 25.1 Å². The number of benzene rings is 1. The zero-order valence-electron chi connectivity index (χ0n) is 17.4. The Labute approximate surface area is 187 Å². The Bertz CT molecular complexity index is 1290. The average Bonchev–Trinajstić information content (AvgIpc) is 3.50. The average molecular weight is 455 g/mol. The molecule has 31 heavy (non-hydrogen) atoms. The number of thiophene rings is 1. The Balaban J connectivity index is 1.41. The van der Waals surface area contributed by atoms with Crippen molar-refractivity contribution < 1.29 is 9.15 Å². The van der Waals surface area contributed by atoms with Gasteiger partial charge in [0.25, 0.3) is 5.56 Å². The molecule has 1 aliphatic rings. The van der Waals surface area contributed by atoms with Crippen molar-refractivity contribution >= 4 is 33.3 Å². The van der Waals surface area contributed by atoms with E-state index in [0.29, 0.717) is 29.2 Å².